The fourth-order valence-electron chi connectivity index (χ4n) is 5.21. The van der Waals surface area contributed by atoms with Gasteiger partial charge in [0, 0.05) is 7.11 Å². The van der Waals surface area contributed by atoms with Crippen LogP contribution in [0.2, 0.25) is 0 Å². The molecule has 1 heteroatoms. The first kappa shape index (κ1) is 21.0. The highest BCUT2D eigenvalue weighted by Gasteiger charge is 2.33. The van der Waals surface area contributed by atoms with Crippen LogP contribution in [0, 0.1) is 17.3 Å². The topological polar surface area (TPSA) is 9.23 Å². The van der Waals surface area contributed by atoms with Gasteiger partial charge in [-0.15, -0.1) is 0 Å². The Hall–Kier alpha value is -0.300. The average molecular weight is 349 g/mol. The number of hydrogen-bond acceptors (Lipinski definition) is 1. The van der Waals surface area contributed by atoms with Crippen molar-refractivity contribution in [3.05, 3.63) is 12.2 Å². The number of fused-ring (bicyclic) bond motifs is 4. The van der Waals surface area contributed by atoms with Crippen LogP contribution in [0.3, 0.4) is 0 Å². The lowest BCUT2D eigenvalue weighted by atomic mass is 9.70. The van der Waals surface area contributed by atoms with Crippen molar-refractivity contribution in [2.45, 2.75) is 116 Å². The van der Waals surface area contributed by atoms with Crippen molar-refractivity contribution < 1.29 is 4.74 Å². The molecule has 2 fully saturated rings. The van der Waals surface area contributed by atoms with Crippen LogP contribution in [0.4, 0.5) is 0 Å². The number of hydrogen-bond donors (Lipinski definition) is 0. The van der Waals surface area contributed by atoms with E-state index in [-0.39, 0.29) is 0 Å². The summed E-state index contributed by atoms with van der Waals surface area (Å²) in [5.41, 5.74) is 1.99. The van der Waals surface area contributed by atoms with Crippen LogP contribution >= 0.6 is 0 Å². The number of methoxy groups -OCH3 is 1. The zero-order valence-electron chi connectivity index (χ0n) is 17.5. The predicted molar refractivity (Wildman–Crippen MR) is 110 cm³/mol. The molecule has 25 heavy (non-hydrogen) atoms. The van der Waals surface area contributed by atoms with Crippen LogP contribution in [0.15, 0.2) is 12.2 Å². The van der Waals surface area contributed by atoms with Crippen LogP contribution in [-0.4, -0.2) is 13.2 Å². The van der Waals surface area contributed by atoms with Crippen molar-refractivity contribution in [2.24, 2.45) is 17.3 Å². The maximum atomic E-state index is 5.90. The second-order valence-corrected chi connectivity index (χ2v) is 9.62. The van der Waals surface area contributed by atoms with E-state index in [9.17, 15) is 0 Å². The molecule has 2 saturated carbocycles. The van der Waals surface area contributed by atoms with Crippen molar-refractivity contribution in [1.29, 1.82) is 0 Å². The van der Waals surface area contributed by atoms with Gasteiger partial charge in [-0.3, -0.25) is 0 Å². The molecule has 0 amide bonds. The summed E-state index contributed by atoms with van der Waals surface area (Å²) in [4.78, 5) is 0. The summed E-state index contributed by atoms with van der Waals surface area (Å²) in [5, 5.41) is 0. The Balaban J connectivity index is 2.11. The smallest absolute Gasteiger partial charge is 0.0577 e. The molecular weight excluding hydrogens is 304 g/mol. The highest BCUT2D eigenvalue weighted by atomic mass is 16.5. The second kappa shape index (κ2) is 10.8. The highest BCUT2D eigenvalue weighted by molar-refractivity contribution is 5.02. The van der Waals surface area contributed by atoms with Gasteiger partial charge >= 0.3 is 0 Å². The standard InChI is InChI=1S/C24H44O/c1-20-13-11-9-7-5-6-8-10-12-14-22-15-16-23(25-4)19-21(20)17-18-24(22,2)3/h21-23H,1,5-19H2,2-4H3. The minimum atomic E-state index is 0.439. The molecule has 0 aromatic rings. The van der Waals surface area contributed by atoms with Gasteiger partial charge in [0.05, 0.1) is 6.10 Å². The van der Waals surface area contributed by atoms with Gasteiger partial charge in [-0.25, -0.2) is 0 Å². The van der Waals surface area contributed by atoms with Crippen molar-refractivity contribution >= 4 is 0 Å². The van der Waals surface area contributed by atoms with Crippen molar-refractivity contribution in [2.75, 3.05) is 7.11 Å². The molecule has 0 aromatic heterocycles. The molecule has 2 rings (SSSR count). The molecule has 0 spiro atoms. The molecule has 2 aliphatic rings. The summed E-state index contributed by atoms with van der Waals surface area (Å²) in [6.07, 6.45) is 21.0. The van der Waals surface area contributed by atoms with Gasteiger partial charge in [-0.05, 0) is 68.6 Å². The zero-order chi connectivity index (χ0) is 18.1. The molecule has 0 aliphatic heterocycles. The Morgan fingerprint density at radius 3 is 2.16 bits per heavy atom. The summed E-state index contributed by atoms with van der Waals surface area (Å²) in [7, 11) is 1.92. The zero-order valence-corrected chi connectivity index (χ0v) is 17.5. The molecule has 2 aliphatic carbocycles. The fraction of sp³-hybridized carbons (Fsp3) is 0.917. The molecule has 3 atom stereocenters. The Bertz CT molecular complexity index is 384. The van der Waals surface area contributed by atoms with E-state index in [4.69, 9.17) is 4.74 Å². The van der Waals surface area contributed by atoms with E-state index in [1.165, 1.54) is 102 Å². The van der Waals surface area contributed by atoms with Crippen molar-refractivity contribution in [3.8, 4) is 0 Å². The van der Waals surface area contributed by atoms with E-state index >= 15 is 0 Å². The van der Waals surface area contributed by atoms with E-state index in [1.807, 2.05) is 7.11 Å². The van der Waals surface area contributed by atoms with Crippen molar-refractivity contribution in [3.63, 3.8) is 0 Å². The summed E-state index contributed by atoms with van der Waals surface area (Å²) in [6, 6.07) is 0. The first-order valence-electron chi connectivity index (χ1n) is 11.2. The van der Waals surface area contributed by atoms with Gasteiger partial charge in [-0.1, -0.05) is 70.9 Å². The summed E-state index contributed by atoms with van der Waals surface area (Å²) >= 11 is 0. The lowest BCUT2D eigenvalue weighted by Crippen LogP contribution is -2.25. The minimum Gasteiger partial charge on any atom is -0.381 e. The summed E-state index contributed by atoms with van der Waals surface area (Å²) in [6.45, 7) is 9.60. The number of rotatable bonds is 1. The molecule has 0 aromatic carbocycles. The van der Waals surface area contributed by atoms with E-state index < -0.39 is 0 Å². The minimum absolute atomic E-state index is 0.439. The molecule has 146 valence electrons. The van der Waals surface area contributed by atoms with E-state index in [0.717, 1.165) is 5.92 Å². The fourth-order valence-corrected chi connectivity index (χ4v) is 5.21. The Morgan fingerprint density at radius 2 is 1.48 bits per heavy atom. The lowest BCUT2D eigenvalue weighted by Gasteiger charge is -2.35. The monoisotopic (exact) mass is 348 g/mol. The summed E-state index contributed by atoms with van der Waals surface area (Å²) in [5.74, 6) is 1.54. The SMILES string of the molecule is C=C1CCCCCCCCCCC2CCC(OC)CC1CCC2(C)C. The van der Waals surface area contributed by atoms with E-state index in [1.54, 1.807) is 0 Å². The Morgan fingerprint density at radius 1 is 0.840 bits per heavy atom. The van der Waals surface area contributed by atoms with Gasteiger partial charge in [0.2, 0.25) is 0 Å². The first-order valence-corrected chi connectivity index (χ1v) is 11.2. The third-order valence-corrected chi connectivity index (χ3v) is 7.34. The molecule has 0 N–H and O–H groups in total. The molecule has 1 nitrogen and oxygen atoms in total. The predicted octanol–water partition coefficient (Wildman–Crippen LogP) is 7.69. The van der Waals surface area contributed by atoms with Crippen LogP contribution in [-0.2, 0) is 4.74 Å². The largest absolute Gasteiger partial charge is 0.381 e. The van der Waals surface area contributed by atoms with Gasteiger partial charge in [0.15, 0.2) is 0 Å². The average Bonchev–Trinajstić information content (AvgIpc) is 2.64. The first-order chi connectivity index (χ1) is 12.0. The third-order valence-electron chi connectivity index (χ3n) is 7.34. The maximum absolute atomic E-state index is 5.90. The molecule has 0 saturated heterocycles. The lowest BCUT2D eigenvalue weighted by molar-refractivity contribution is 0.0694. The van der Waals surface area contributed by atoms with Crippen LogP contribution in [0.25, 0.3) is 0 Å². The Kier molecular flexibility index (Phi) is 9.03. The number of ether oxygens (including phenoxy) is 1. The maximum Gasteiger partial charge on any atom is 0.0577 e. The van der Waals surface area contributed by atoms with Gasteiger partial charge in [0.25, 0.3) is 0 Å². The quantitative estimate of drug-likeness (QED) is 0.441. The van der Waals surface area contributed by atoms with E-state index in [0.29, 0.717) is 17.4 Å². The molecule has 3 unspecified atom stereocenters. The van der Waals surface area contributed by atoms with Crippen LogP contribution in [0.1, 0.15) is 110 Å². The van der Waals surface area contributed by atoms with E-state index in [2.05, 4.69) is 20.4 Å². The van der Waals surface area contributed by atoms with Crippen LogP contribution < -0.4 is 0 Å². The Labute approximate surface area is 158 Å². The third kappa shape index (κ3) is 7.08. The number of allylic oxidation sites excluding steroid dienone is 1. The molecule has 0 heterocycles. The van der Waals surface area contributed by atoms with Crippen LogP contribution in [0.5, 0.6) is 0 Å². The highest BCUT2D eigenvalue weighted by Crippen LogP contribution is 2.43. The van der Waals surface area contributed by atoms with Gasteiger partial charge < -0.3 is 4.74 Å². The van der Waals surface area contributed by atoms with Gasteiger partial charge in [-0.2, -0.15) is 0 Å². The summed E-state index contributed by atoms with van der Waals surface area (Å²) < 4.78 is 5.90. The normalized spacial score (nSPS) is 33.6. The van der Waals surface area contributed by atoms with Gasteiger partial charge in [0.1, 0.15) is 0 Å². The second-order valence-electron chi connectivity index (χ2n) is 9.62. The molecule has 0 radical (unpaired) electrons. The molecular formula is C24H44O. The molecule has 2 bridgehead atoms. The van der Waals surface area contributed by atoms with Crippen molar-refractivity contribution in [1.82, 2.24) is 0 Å².